The van der Waals surface area contributed by atoms with Gasteiger partial charge in [-0.15, -0.1) is 0 Å². The van der Waals surface area contributed by atoms with E-state index in [1.165, 1.54) is 24.8 Å². The van der Waals surface area contributed by atoms with Crippen LogP contribution in [0, 0.1) is 0 Å². The van der Waals surface area contributed by atoms with E-state index in [1.807, 2.05) is 6.07 Å². The van der Waals surface area contributed by atoms with E-state index in [1.54, 1.807) is 0 Å². The van der Waals surface area contributed by atoms with Crippen molar-refractivity contribution >= 4 is 5.91 Å². The van der Waals surface area contributed by atoms with Crippen LogP contribution in [0.2, 0.25) is 0 Å². The molecular formula is C17H23NO. The maximum atomic E-state index is 13.0. The predicted octanol–water partition coefficient (Wildman–Crippen LogP) is 3.51. The van der Waals surface area contributed by atoms with Crippen molar-refractivity contribution in [3.8, 4) is 0 Å². The average molecular weight is 257 g/mol. The number of amides is 1. The second-order valence-electron chi connectivity index (χ2n) is 6.15. The van der Waals surface area contributed by atoms with Crippen molar-refractivity contribution < 1.29 is 4.79 Å². The molecule has 102 valence electrons. The predicted molar refractivity (Wildman–Crippen MR) is 77.0 cm³/mol. The van der Waals surface area contributed by atoms with Crippen LogP contribution in [0.25, 0.3) is 0 Å². The van der Waals surface area contributed by atoms with Gasteiger partial charge in [0.1, 0.15) is 0 Å². The smallest absolute Gasteiger partial charge is 0.233 e. The Hall–Kier alpha value is -1.31. The molecule has 1 saturated heterocycles. The maximum absolute atomic E-state index is 13.0. The van der Waals surface area contributed by atoms with Crippen molar-refractivity contribution in [3.05, 3.63) is 35.9 Å². The molecule has 0 bridgehead atoms. The van der Waals surface area contributed by atoms with Crippen molar-refractivity contribution in [1.82, 2.24) is 4.90 Å². The number of piperidine rings is 1. The Kier molecular flexibility index (Phi) is 3.34. The van der Waals surface area contributed by atoms with Gasteiger partial charge in [-0.1, -0.05) is 36.8 Å². The van der Waals surface area contributed by atoms with E-state index in [0.717, 1.165) is 25.8 Å². The highest BCUT2D eigenvalue weighted by Gasteiger charge is 2.48. The van der Waals surface area contributed by atoms with Gasteiger partial charge in [0.25, 0.3) is 0 Å². The largest absolute Gasteiger partial charge is 0.339 e. The Labute approximate surface area is 115 Å². The summed E-state index contributed by atoms with van der Waals surface area (Å²) in [5, 5.41) is 0. The molecule has 1 aromatic carbocycles. The summed E-state index contributed by atoms with van der Waals surface area (Å²) in [6, 6.07) is 10.8. The van der Waals surface area contributed by atoms with Crippen LogP contribution in [0.15, 0.2) is 30.3 Å². The number of hydrogen-bond donors (Lipinski definition) is 0. The van der Waals surface area contributed by atoms with E-state index in [0.29, 0.717) is 11.9 Å². The van der Waals surface area contributed by atoms with Crippen LogP contribution in [0.4, 0.5) is 0 Å². The number of benzene rings is 1. The third kappa shape index (κ3) is 2.07. The zero-order chi connectivity index (χ0) is 13.3. The van der Waals surface area contributed by atoms with Gasteiger partial charge >= 0.3 is 0 Å². The zero-order valence-electron chi connectivity index (χ0n) is 11.8. The van der Waals surface area contributed by atoms with Gasteiger partial charge in [-0.3, -0.25) is 4.79 Å². The van der Waals surface area contributed by atoms with Gasteiger partial charge in [0, 0.05) is 12.6 Å². The minimum atomic E-state index is -0.202. The SMILES string of the molecule is CC1CCCCN1C(=O)C1(c2ccccc2)CCC1. The number of carbonyl (C=O) groups excluding carboxylic acids is 1. The Bertz CT molecular complexity index is 450. The highest BCUT2D eigenvalue weighted by atomic mass is 16.2. The van der Waals surface area contributed by atoms with Crippen LogP contribution in [-0.4, -0.2) is 23.4 Å². The molecule has 2 aliphatic rings. The molecule has 19 heavy (non-hydrogen) atoms. The lowest BCUT2D eigenvalue weighted by atomic mass is 9.63. The molecule has 0 radical (unpaired) electrons. The van der Waals surface area contributed by atoms with E-state index >= 15 is 0 Å². The molecular weight excluding hydrogens is 234 g/mol. The first-order valence-corrected chi connectivity index (χ1v) is 7.61. The molecule has 2 heteroatoms. The topological polar surface area (TPSA) is 20.3 Å². The van der Waals surface area contributed by atoms with Gasteiger partial charge < -0.3 is 4.90 Å². The summed E-state index contributed by atoms with van der Waals surface area (Å²) >= 11 is 0. The van der Waals surface area contributed by atoms with Crippen LogP contribution < -0.4 is 0 Å². The summed E-state index contributed by atoms with van der Waals surface area (Å²) in [6.45, 7) is 3.16. The summed E-state index contributed by atoms with van der Waals surface area (Å²) in [5.41, 5.74) is 1.02. The van der Waals surface area contributed by atoms with Crippen molar-refractivity contribution in [2.75, 3.05) is 6.54 Å². The molecule has 1 unspecified atom stereocenters. The van der Waals surface area contributed by atoms with E-state index in [-0.39, 0.29) is 5.41 Å². The first kappa shape index (κ1) is 12.7. The number of nitrogens with zero attached hydrogens (tertiary/aromatic N) is 1. The molecule has 2 nitrogen and oxygen atoms in total. The lowest BCUT2D eigenvalue weighted by Crippen LogP contribution is -2.54. The summed E-state index contributed by atoms with van der Waals surface area (Å²) in [7, 11) is 0. The Balaban J connectivity index is 1.88. The maximum Gasteiger partial charge on any atom is 0.233 e. The van der Waals surface area contributed by atoms with E-state index in [2.05, 4.69) is 36.1 Å². The fourth-order valence-corrected chi connectivity index (χ4v) is 3.59. The van der Waals surface area contributed by atoms with E-state index in [4.69, 9.17) is 0 Å². The first-order valence-electron chi connectivity index (χ1n) is 7.61. The number of rotatable bonds is 2. The Morgan fingerprint density at radius 1 is 1.16 bits per heavy atom. The molecule has 1 amide bonds. The van der Waals surface area contributed by atoms with Gasteiger partial charge in [-0.25, -0.2) is 0 Å². The number of hydrogen-bond acceptors (Lipinski definition) is 1. The summed E-state index contributed by atoms with van der Waals surface area (Å²) in [6.07, 6.45) is 6.84. The van der Waals surface area contributed by atoms with Crippen molar-refractivity contribution in [3.63, 3.8) is 0 Å². The standard InChI is InChI=1S/C17H23NO/c1-14-8-5-6-13-18(14)16(19)17(11-7-12-17)15-9-3-2-4-10-15/h2-4,9-10,14H,5-8,11-13H2,1H3. The molecule has 1 atom stereocenters. The quantitative estimate of drug-likeness (QED) is 0.794. The molecule has 3 rings (SSSR count). The Morgan fingerprint density at radius 3 is 2.47 bits per heavy atom. The fraction of sp³-hybridized carbons (Fsp3) is 0.588. The second-order valence-corrected chi connectivity index (χ2v) is 6.15. The minimum absolute atomic E-state index is 0.202. The minimum Gasteiger partial charge on any atom is -0.339 e. The highest BCUT2D eigenvalue weighted by molar-refractivity contribution is 5.89. The number of likely N-dealkylation sites (tertiary alicyclic amines) is 1. The third-order valence-corrected chi connectivity index (χ3v) is 5.01. The molecule has 1 aromatic rings. The van der Waals surface area contributed by atoms with Gasteiger partial charge in [0.15, 0.2) is 0 Å². The Morgan fingerprint density at radius 2 is 1.89 bits per heavy atom. The van der Waals surface area contributed by atoms with Crippen LogP contribution >= 0.6 is 0 Å². The second kappa shape index (κ2) is 4.99. The molecule has 1 heterocycles. The summed E-state index contributed by atoms with van der Waals surface area (Å²) in [4.78, 5) is 15.2. The van der Waals surface area contributed by atoms with Crippen molar-refractivity contribution in [2.24, 2.45) is 0 Å². The molecule has 1 aliphatic heterocycles. The van der Waals surface area contributed by atoms with Crippen LogP contribution in [0.3, 0.4) is 0 Å². The number of carbonyl (C=O) groups is 1. The van der Waals surface area contributed by atoms with E-state index in [9.17, 15) is 4.79 Å². The highest BCUT2D eigenvalue weighted by Crippen LogP contribution is 2.45. The monoisotopic (exact) mass is 257 g/mol. The summed E-state index contributed by atoms with van der Waals surface area (Å²) in [5.74, 6) is 0.386. The lowest BCUT2D eigenvalue weighted by molar-refractivity contribution is -0.144. The summed E-state index contributed by atoms with van der Waals surface area (Å²) < 4.78 is 0. The zero-order valence-corrected chi connectivity index (χ0v) is 11.8. The molecule has 1 aliphatic carbocycles. The van der Waals surface area contributed by atoms with Gasteiger partial charge in [-0.2, -0.15) is 0 Å². The van der Waals surface area contributed by atoms with Crippen LogP contribution in [0.1, 0.15) is 51.0 Å². The molecule has 0 N–H and O–H groups in total. The average Bonchev–Trinajstić information content (AvgIpc) is 2.39. The molecule has 0 spiro atoms. The first-order chi connectivity index (χ1) is 9.24. The van der Waals surface area contributed by atoms with E-state index < -0.39 is 0 Å². The van der Waals surface area contributed by atoms with Crippen molar-refractivity contribution in [2.45, 2.75) is 56.9 Å². The van der Waals surface area contributed by atoms with Crippen LogP contribution in [-0.2, 0) is 10.2 Å². The molecule has 0 aromatic heterocycles. The molecule has 2 fully saturated rings. The fourth-order valence-electron chi connectivity index (χ4n) is 3.59. The van der Waals surface area contributed by atoms with Gasteiger partial charge in [0.2, 0.25) is 5.91 Å². The van der Waals surface area contributed by atoms with Crippen molar-refractivity contribution in [1.29, 1.82) is 0 Å². The lowest BCUT2D eigenvalue weighted by Gasteiger charge is -2.46. The normalized spacial score (nSPS) is 25.7. The van der Waals surface area contributed by atoms with Gasteiger partial charge in [-0.05, 0) is 44.6 Å². The molecule has 1 saturated carbocycles. The van der Waals surface area contributed by atoms with Gasteiger partial charge in [0.05, 0.1) is 5.41 Å². The third-order valence-electron chi connectivity index (χ3n) is 5.01. The van der Waals surface area contributed by atoms with Crippen LogP contribution in [0.5, 0.6) is 0 Å².